The van der Waals surface area contributed by atoms with Crippen molar-refractivity contribution in [1.82, 2.24) is 34.2 Å². The van der Waals surface area contributed by atoms with E-state index in [4.69, 9.17) is 19.6 Å². The predicted octanol–water partition coefficient (Wildman–Crippen LogP) is 5.49. The van der Waals surface area contributed by atoms with E-state index in [1.165, 1.54) is 5.69 Å². The largest absolute Gasteiger partial charge is 0.491 e. The Morgan fingerprint density at radius 1 is 1.13 bits per heavy atom. The molecule has 1 saturated heterocycles. The summed E-state index contributed by atoms with van der Waals surface area (Å²) < 4.78 is 16.1. The minimum Gasteiger partial charge on any atom is -0.491 e. The number of imidazole rings is 1. The van der Waals surface area contributed by atoms with Gasteiger partial charge in [-0.2, -0.15) is 10.1 Å². The third-order valence-corrected chi connectivity index (χ3v) is 7.83. The molecule has 6 heterocycles. The lowest BCUT2D eigenvalue weighted by Gasteiger charge is -2.23. The molecule has 5 aromatic rings. The molecule has 1 N–H and O–H groups in total. The topological polar surface area (TPSA) is 95.2 Å². The number of ether oxygens (including phenoxy) is 2. The quantitative estimate of drug-likeness (QED) is 0.307. The Balaban J connectivity index is 1.34. The van der Waals surface area contributed by atoms with E-state index in [9.17, 15) is 0 Å². The first-order valence-electron chi connectivity index (χ1n) is 12.7. The van der Waals surface area contributed by atoms with E-state index in [1.54, 1.807) is 30.8 Å². The smallest absolute Gasteiger partial charge is 0.211 e. The normalized spacial score (nSPS) is 16.5. The Bertz CT molecular complexity index is 1630. The number of aromatic nitrogens is 6. The number of hydrogen-bond acceptors (Lipinski definition) is 9. The number of rotatable bonds is 6. The lowest BCUT2D eigenvalue weighted by atomic mass is 9.91. The van der Waals surface area contributed by atoms with Crippen LogP contribution in [0.5, 0.6) is 17.2 Å². The van der Waals surface area contributed by atoms with Gasteiger partial charge in [0.2, 0.25) is 5.95 Å². The summed E-state index contributed by atoms with van der Waals surface area (Å²) in [7, 11) is 5.71. The molecule has 1 atom stereocenters. The monoisotopic (exact) mass is 532 g/mol. The lowest BCUT2D eigenvalue weighted by Crippen LogP contribution is -2.24. The number of aryl methyl sites for hydroxylation is 1. The molecule has 1 aliphatic rings. The molecule has 0 bridgehead atoms. The molecule has 1 aliphatic heterocycles. The summed E-state index contributed by atoms with van der Waals surface area (Å²) in [6.45, 7) is 8.74. The molecular formula is C27H32N8O2S. The van der Waals surface area contributed by atoms with Crippen LogP contribution in [0.1, 0.15) is 38.9 Å². The van der Waals surface area contributed by atoms with Gasteiger partial charge in [-0.05, 0) is 37.5 Å². The van der Waals surface area contributed by atoms with E-state index in [-0.39, 0.29) is 5.41 Å². The summed E-state index contributed by atoms with van der Waals surface area (Å²) in [6.07, 6.45) is 4.44. The molecule has 5 aromatic heterocycles. The van der Waals surface area contributed by atoms with Crippen LogP contribution >= 0.6 is 11.3 Å². The van der Waals surface area contributed by atoms with Crippen LogP contribution in [0.3, 0.4) is 0 Å². The van der Waals surface area contributed by atoms with E-state index in [1.807, 2.05) is 29.1 Å². The van der Waals surface area contributed by atoms with E-state index < -0.39 is 0 Å². The van der Waals surface area contributed by atoms with Gasteiger partial charge in [0.15, 0.2) is 23.0 Å². The van der Waals surface area contributed by atoms with Gasteiger partial charge in [-0.3, -0.25) is 4.68 Å². The highest BCUT2D eigenvalue weighted by atomic mass is 32.1. The number of anilines is 2. The number of nitrogens with zero attached hydrogens (tertiary/aromatic N) is 7. The van der Waals surface area contributed by atoms with Gasteiger partial charge in [-0.1, -0.05) is 20.8 Å². The van der Waals surface area contributed by atoms with Crippen LogP contribution in [0.4, 0.5) is 11.8 Å². The Labute approximate surface area is 225 Å². The fourth-order valence-electron chi connectivity index (χ4n) is 5.05. The summed E-state index contributed by atoms with van der Waals surface area (Å²) in [5.74, 6) is 3.05. The zero-order chi connectivity index (χ0) is 26.6. The number of nitrogens with one attached hydrogen (secondary N) is 1. The SMILES string of the molecule is COc1c(Oc2cnc3sccc3c2)cnc2nc(Nc3cc(C(C)(C)C)n([C@@H]4CCN(C)C4)n3)n(C)c12. The van der Waals surface area contributed by atoms with Crippen molar-refractivity contribution >= 4 is 44.5 Å². The molecule has 11 heteroatoms. The number of thiophene rings is 1. The predicted molar refractivity (Wildman–Crippen MR) is 150 cm³/mol. The Hall–Kier alpha value is -3.70. The lowest BCUT2D eigenvalue weighted by molar-refractivity contribution is 0.366. The molecular weight excluding hydrogens is 500 g/mol. The molecule has 1 fully saturated rings. The van der Waals surface area contributed by atoms with Crippen molar-refractivity contribution in [2.24, 2.45) is 7.05 Å². The van der Waals surface area contributed by atoms with Gasteiger partial charge in [0, 0.05) is 36.2 Å². The van der Waals surface area contributed by atoms with Crippen LogP contribution in [-0.2, 0) is 12.5 Å². The van der Waals surface area contributed by atoms with Crippen molar-refractivity contribution in [3.63, 3.8) is 0 Å². The number of methoxy groups -OCH3 is 1. The highest BCUT2D eigenvalue weighted by molar-refractivity contribution is 7.16. The maximum absolute atomic E-state index is 6.16. The van der Waals surface area contributed by atoms with Gasteiger partial charge in [0.05, 0.1) is 25.5 Å². The Morgan fingerprint density at radius 3 is 2.71 bits per heavy atom. The number of likely N-dealkylation sites (N-methyl/N-ethyl adjacent to an activating group) is 1. The number of pyridine rings is 2. The molecule has 0 spiro atoms. The average molecular weight is 533 g/mol. The molecule has 0 amide bonds. The fraction of sp³-hybridized carbons (Fsp3) is 0.407. The zero-order valence-corrected chi connectivity index (χ0v) is 23.3. The molecule has 0 radical (unpaired) electrons. The molecule has 6 rings (SSSR count). The molecule has 0 unspecified atom stereocenters. The second-order valence-electron chi connectivity index (χ2n) is 10.8. The van der Waals surface area contributed by atoms with Crippen molar-refractivity contribution in [1.29, 1.82) is 0 Å². The summed E-state index contributed by atoms with van der Waals surface area (Å²) in [5.41, 5.74) is 2.43. The summed E-state index contributed by atoms with van der Waals surface area (Å²) in [6, 6.07) is 6.47. The molecule has 0 aliphatic carbocycles. The number of hydrogen-bond donors (Lipinski definition) is 1. The van der Waals surface area contributed by atoms with Crippen molar-refractivity contribution in [3.8, 4) is 17.2 Å². The molecule has 198 valence electrons. The van der Waals surface area contributed by atoms with Crippen LogP contribution in [0, 0.1) is 0 Å². The van der Waals surface area contributed by atoms with E-state index >= 15 is 0 Å². The van der Waals surface area contributed by atoms with Crippen LogP contribution in [0.25, 0.3) is 21.4 Å². The highest BCUT2D eigenvalue weighted by Gasteiger charge is 2.29. The average Bonchev–Trinajstić information content (AvgIpc) is 3.66. The second-order valence-corrected chi connectivity index (χ2v) is 11.7. The van der Waals surface area contributed by atoms with Crippen LogP contribution in [0.2, 0.25) is 0 Å². The molecule has 0 saturated carbocycles. The van der Waals surface area contributed by atoms with Crippen LogP contribution in [0.15, 0.2) is 36.0 Å². The van der Waals surface area contributed by atoms with Gasteiger partial charge >= 0.3 is 0 Å². The molecule has 10 nitrogen and oxygen atoms in total. The minimum atomic E-state index is -0.0433. The van der Waals surface area contributed by atoms with Crippen LogP contribution < -0.4 is 14.8 Å². The number of likely N-dealkylation sites (tertiary alicyclic amines) is 1. The van der Waals surface area contributed by atoms with Crippen molar-refractivity contribution in [2.45, 2.75) is 38.6 Å². The van der Waals surface area contributed by atoms with Gasteiger partial charge in [0.25, 0.3) is 0 Å². The second kappa shape index (κ2) is 9.25. The molecule has 38 heavy (non-hydrogen) atoms. The van der Waals surface area contributed by atoms with Gasteiger partial charge in [0.1, 0.15) is 16.1 Å². The van der Waals surface area contributed by atoms with Crippen molar-refractivity contribution < 1.29 is 9.47 Å². The third kappa shape index (κ3) is 4.35. The Morgan fingerprint density at radius 2 is 1.97 bits per heavy atom. The van der Waals surface area contributed by atoms with Crippen LogP contribution in [-0.4, -0.2) is 61.4 Å². The summed E-state index contributed by atoms with van der Waals surface area (Å²) in [4.78, 5) is 17.1. The molecule has 0 aromatic carbocycles. The first-order chi connectivity index (χ1) is 18.2. The van der Waals surface area contributed by atoms with E-state index in [0.717, 1.165) is 41.1 Å². The standard InChI is InChI=1S/C27H32N8O2S/c1-27(2,3)20-12-21(32-35(20)17-7-9-33(4)15-17)30-26-31-24-22(34(26)5)23(36-6)19(14-28-24)37-18-11-16-8-10-38-25(16)29-13-18/h8,10-14,17H,7,9,15H2,1-6H3,(H,28,30,31,32)/t17-/m1/s1. The maximum Gasteiger partial charge on any atom is 0.211 e. The van der Waals surface area contributed by atoms with E-state index in [0.29, 0.717) is 34.9 Å². The fourth-order valence-corrected chi connectivity index (χ4v) is 5.77. The van der Waals surface area contributed by atoms with Gasteiger partial charge < -0.3 is 24.3 Å². The zero-order valence-electron chi connectivity index (χ0n) is 22.5. The maximum atomic E-state index is 6.16. The minimum absolute atomic E-state index is 0.0433. The van der Waals surface area contributed by atoms with Crippen molar-refractivity contribution in [3.05, 3.63) is 41.7 Å². The Kier molecular flexibility index (Phi) is 5.99. The van der Waals surface area contributed by atoms with Gasteiger partial charge in [-0.15, -0.1) is 11.3 Å². The van der Waals surface area contributed by atoms with Gasteiger partial charge in [-0.25, -0.2) is 9.97 Å². The first kappa shape index (κ1) is 24.6. The summed E-state index contributed by atoms with van der Waals surface area (Å²) in [5, 5.41) is 11.5. The summed E-state index contributed by atoms with van der Waals surface area (Å²) >= 11 is 1.60. The highest BCUT2D eigenvalue weighted by Crippen LogP contribution is 2.39. The number of fused-ring (bicyclic) bond motifs is 2. The third-order valence-electron chi connectivity index (χ3n) is 6.99. The van der Waals surface area contributed by atoms with E-state index in [2.05, 4.69) is 58.8 Å². The van der Waals surface area contributed by atoms with Crippen molar-refractivity contribution in [2.75, 3.05) is 32.6 Å². The first-order valence-corrected chi connectivity index (χ1v) is 13.6.